The number of carbonyl (C=O) groups is 1. The zero-order valence-corrected chi connectivity index (χ0v) is 13.3. The van der Waals surface area contributed by atoms with Crippen molar-refractivity contribution in [1.82, 2.24) is 0 Å². The molecule has 0 unspecified atom stereocenters. The van der Waals surface area contributed by atoms with Gasteiger partial charge in [0.15, 0.2) is 5.78 Å². The Morgan fingerprint density at radius 1 is 1.14 bits per heavy atom. The van der Waals surface area contributed by atoms with Crippen molar-refractivity contribution in [2.75, 3.05) is 7.11 Å². The molecule has 0 aromatic heterocycles. The van der Waals surface area contributed by atoms with Crippen LogP contribution >= 0.6 is 15.9 Å². The van der Waals surface area contributed by atoms with Gasteiger partial charge in [0.05, 0.1) is 7.11 Å². The van der Waals surface area contributed by atoms with E-state index >= 15 is 0 Å². The van der Waals surface area contributed by atoms with Crippen LogP contribution in [0.3, 0.4) is 0 Å². The molecule has 1 aliphatic rings. The van der Waals surface area contributed by atoms with Gasteiger partial charge in [-0.25, -0.2) is 0 Å². The van der Waals surface area contributed by atoms with E-state index < -0.39 is 0 Å². The molecule has 0 saturated heterocycles. The van der Waals surface area contributed by atoms with Gasteiger partial charge in [0.1, 0.15) is 5.75 Å². The second-order valence-corrected chi connectivity index (χ2v) is 5.90. The van der Waals surface area contributed by atoms with E-state index in [0.29, 0.717) is 0 Å². The maximum atomic E-state index is 12.6. The summed E-state index contributed by atoms with van der Waals surface area (Å²) in [5.41, 5.74) is 3.77. The van der Waals surface area contributed by atoms with E-state index in [1.54, 1.807) is 7.11 Å². The lowest BCUT2D eigenvalue weighted by Crippen LogP contribution is -2.14. The molecule has 106 valence electrons. The number of allylic oxidation sites excluding steroid dienone is 1. The normalized spacial score (nSPS) is 15.9. The zero-order chi connectivity index (χ0) is 14.8. The van der Waals surface area contributed by atoms with Gasteiger partial charge in [-0.2, -0.15) is 0 Å². The smallest absolute Gasteiger partial charge is 0.189 e. The Bertz CT molecular complexity index is 732. The summed E-state index contributed by atoms with van der Waals surface area (Å²) in [6, 6.07) is 13.6. The summed E-state index contributed by atoms with van der Waals surface area (Å²) in [4.78, 5) is 12.6. The third-order valence-electron chi connectivity index (χ3n) is 3.75. The first-order valence-electron chi connectivity index (χ1n) is 6.86. The van der Waals surface area contributed by atoms with E-state index in [2.05, 4.69) is 15.9 Å². The molecule has 21 heavy (non-hydrogen) atoms. The molecule has 0 aliphatic heterocycles. The molecule has 0 heterocycles. The van der Waals surface area contributed by atoms with Gasteiger partial charge >= 0.3 is 0 Å². The second kappa shape index (κ2) is 5.86. The highest BCUT2D eigenvalue weighted by molar-refractivity contribution is 9.10. The fraction of sp³-hybridized carbons (Fsp3) is 0.167. The maximum Gasteiger partial charge on any atom is 0.189 e. The largest absolute Gasteiger partial charge is 0.497 e. The van der Waals surface area contributed by atoms with Crippen molar-refractivity contribution in [3.63, 3.8) is 0 Å². The van der Waals surface area contributed by atoms with Crippen LogP contribution < -0.4 is 4.74 Å². The molecule has 2 aromatic rings. The lowest BCUT2D eigenvalue weighted by atomic mass is 9.86. The SMILES string of the molecule is COc1ccc2c(c1)CCC(=Cc1ccccc1Br)C2=O. The average molecular weight is 343 g/mol. The van der Waals surface area contributed by atoms with Crippen LogP contribution in [0.4, 0.5) is 0 Å². The van der Waals surface area contributed by atoms with Crippen LogP contribution in [-0.4, -0.2) is 12.9 Å². The lowest BCUT2D eigenvalue weighted by Gasteiger charge is -2.18. The van der Waals surface area contributed by atoms with E-state index in [4.69, 9.17) is 4.74 Å². The first-order valence-corrected chi connectivity index (χ1v) is 7.65. The van der Waals surface area contributed by atoms with E-state index in [9.17, 15) is 4.79 Å². The molecular weight excluding hydrogens is 328 g/mol. The number of aryl methyl sites for hydroxylation is 1. The predicted molar refractivity (Wildman–Crippen MR) is 87.8 cm³/mol. The van der Waals surface area contributed by atoms with Gasteiger partial charge < -0.3 is 4.74 Å². The van der Waals surface area contributed by atoms with Crippen molar-refractivity contribution in [2.24, 2.45) is 0 Å². The highest BCUT2D eigenvalue weighted by atomic mass is 79.9. The van der Waals surface area contributed by atoms with Crippen LogP contribution in [0.5, 0.6) is 5.75 Å². The second-order valence-electron chi connectivity index (χ2n) is 5.04. The fourth-order valence-corrected chi connectivity index (χ4v) is 3.00. The molecule has 0 spiro atoms. The number of carbonyl (C=O) groups excluding carboxylic acids is 1. The monoisotopic (exact) mass is 342 g/mol. The van der Waals surface area contributed by atoms with Crippen molar-refractivity contribution in [3.8, 4) is 5.75 Å². The van der Waals surface area contributed by atoms with Gasteiger partial charge in [0.2, 0.25) is 0 Å². The molecule has 0 radical (unpaired) electrons. The number of benzene rings is 2. The van der Waals surface area contributed by atoms with Crippen LogP contribution in [0.2, 0.25) is 0 Å². The van der Waals surface area contributed by atoms with Crippen LogP contribution in [0, 0.1) is 0 Å². The lowest BCUT2D eigenvalue weighted by molar-refractivity contribution is 0.102. The number of halogens is 1. The summed E-state index contributed by atoms with van der Waals surface area (Å²) in [5.74, 6) is 0.925. The van der Waals surface area contributed by atoms with Gasteiger partial charge in [-0.3, -0.25) is 4.79 Å². The van der Waals surface area contributed by atoms with Crippen molar-refractivity contribution in [2.45, 2.75) is 12.8 Å². The summed E-state index contributed by atoms with van der Waals surface area (Å²) < 4.78 is 6.23. The summed E-state index contributed by atoms with van der Waals surface area (Å²) in [7, 11) is 1.64. The quantitative estimate of drug-likeness (QED) is 0.741. The van der Waals surface area contributed by atoms with Crippen LogP contribution in [0.25, 0.3) is 6.08 Å². The minimum absolute atomic E-state index is 0.120. The molecule has 2 nitrogen and oxygen atoms in total. The maximum absolute atomic E-state index is 12.6. The van der Waals surface area contributed by atoms with Crippen molar-refractivity contribution in [3.05, 3.63) is 69.2 Å². The number of ether oxygens (including phenoxy) is 1. The molecule has 3 rings (SSSR count). The van der Waals surface area contributed by atoms with Gasteiger partial charge in [-0.15, -0.1) is 0 Å². The molecule has 0 N–H and O–H groups in total. The Labute approximate surface area is 132 Å². The molecule has 0 saturated carbocycles. The number of Topliss-reactive ketones (excluding diaryl/α,β-unsaturated/α-hetero) is 1. The Morgan fingerprint density at radius 3 is 2.71 bits per heavy atom. The number of methoxy groups -OCH3 is 1. The summed E-state index contributed by atoms with van der Waals surface area (Å²) in [6.45, 7) is 0. The standard InChI is InChI=1S/C18H15BrO2/c1-21-15-8-9-16-12(11-15)6-7-14(18(16)20)10-13-4-2-3-5-17(13)19/h2-5,8-11H,6-7H2,1H3. The molecule has 3 heteroatoms. The van der Waals surface area contributed by atoms with Gasteiger partial charge in [-0.05, 0) is 54.3 Å². The van der Waals surface area contributed by atoms with Gasteiger partial charge in [0, 0.05) is 15.6 Å². The highest BCUT2D eigenvalue weighted by Gasteiger charge is 2.22. The molecule has 2 aromatic carbocycles. The Balaban J connectivity index is 1.98. The van der Waals surface area contributed by atoms with Gasteiger partial charge in [-0.1, -0.05) is 34.1 Å². The first-order chi connectivity index (χ1) is 10.2. The Morgan fingerprint density at radius 2 is 1.95 bits per heavy atom. The summed E-state index contributed by atoms with van der Waals surface area (Å²) >= 11 is 3.52. The van der Waals surface area contributed by atoms with Crippen LogP contribution in [0.1, 0.15) is 27.9 Å². The molecule has 0 amide bonds. The first kappa shape index (κ1) is 14.1. The molecule has 0 fully saturated rings. The van der Waals surface area contributed by atoms with Crippen molar-refractivity contribution in [1.29, 1.82) is 0 Å². The fourth-order valence-electron chi connectivity index (χ4n) is 2.60. The number of ketones is 1. The summed E-state index contributed by atoms with van der Waals surface area (Å²) in [6.07, 6.45) is 3.62. The third-order valence-corrected chi connectivity index (χ3v) is 4.47. The number of hydrogen-bond donors (Lipinski definition) is 0. The molecule has 0 bridgehead atoms. The Kier molecular flexibility index (Phi) is 3.93. The van der Waals surface area contributed by atoms with Crippen molar-refractivity contribution < 1.29 is 9.53 Å². The minimum atomic E-state index is 0.120. The van der Waals surface area contributed by atoms with E-state index in [1.807, 2.05) is 48.5 Å². The topological polar surface area (TPSA) is 26.3 Å². The average Bonchev–Trinajstić information content (AvgIpc) is 2.51. The molecule has 0 atom stereocenters. The third kappa shape index (κ3) is 2.79. The van der Waals surface area contributed by atoms with E-state index in [0.717, 1.165) is 45.3 Å². The van der Waals surface area contributed by atoms with Crippen LogP contribution in [0.15, 0.2) is 52.5 Å². The van der Waals surface area contributed by atoms with E-state index in [1.165, 1.54) is 0 Å². The highest BCUT2D eigenvalue weighted by Crippen LogP contribution is 2.30. The number of rotatable bonds is 2. The predicted octanol–water partition coefficient (Wildman–Crippen LogP) is 4.67. The zero-order valence-electron chi connectivity index (χ0n) is 11.7. The van der Waals surface area contributed by atoms with E-state index in [-0.39, 0.29) is 5.78 Å². The number of hydrogen-bond acceptors (Lipinski definition) is 2. The molecular formula is C18H15BrO2. The minimum Gasteiger partial charge on any atom is -0.497 e. The van der Waals surface area contributed by atoms with Crippen molar-refractivity contribution >= 4 is 27.8 Å². The molecule has 1 aliphatic carbocycles. The summed E-state index contributed by atoms with van der Waals surface area (Å²) in [5, 5.41) is 0. The van der Waals surface area contributed by atoms with Gasteiger partial charge in [0.25, 0.3) is 0 Å². The Hall–Kier alpha value is -1.87. The number of fused-ring (bicyclic) bond motifs is 1. The van der Waals surface area contributed by atoms with Crippen LogP contribution in [-0.2, 0) is 6.42 Å².